The summed E-state index contributed by atoms with van der Waals surface area (Å²) in [5, 5.41) is 12.1. The van der Waals surface area contributed by atoms with E-state index in [1.165, 1.54) is 0 Å². The van der Waals surface area contributed by atoms with E-state index in [2.05, 4.69) is 5.32 Å². The van der Waals surface area contributed by atoms with Gasteiger partial charge in [0.2, 0.25) is 0 Å². The minimum atomic E-state index is -0.708. The second-order valence-corrected chi connectivity index (χ2v) is 5.13. The van der Waals surface area contributed by atoms with Crippen LogP contribution in [0.4, 0.5) is 14.5 Å². The lowest BCUT2D eigenvalue weighted by atomic mass is 10.1. The summed E-state index contributed by atoms with van der Waals surface area (Å²) in [6.45, 7) is 2.23. The van der Waals surface area contributed by atoms with E-state index in [-0.39, 0.29) is 17.3 Å². The van der Waals surface area contributed by atoms with Gasteiger partial charge < -0.3 is 15.0 Å². The highest BCUT2D eigenvalue weighted by Crippen LogP contribution is 2.26. The van der Waals surface area contributed by atoms with Crippen molar-refractivity contribution in [2.75, 3.05) is 38.3 Å². The van der Waals surface area contributed by atoms with Crippen molar-refractivity contribution in [2.45, 2.75) is 18.9 Å². The molecule has 0 saturated carbocycles. The SMILES string of the molecule is COCCN(CC1CCCN1)c1c(F)cc(C#N)cc1F. The first kappa shape index (κ1) is 15.7. The van der Waals surface area contributed by atoms with E-state index in [0.717, 1.165) is 31.5 Å². The van der Waals surface area contributed by atoms with Crippen LogP contribution in [0.3, 0.4) is 0 Å². The fourth-order valence-electron chi connectivity index (χ4n) is 2.61. The average Bonchev–Trinajstić information content (AvgIpc) is 2.96. The zero-order valence-electron chi connectivity index (χ0n) is 12.0. The first-order valence-electron chi connectivity index (χ1n) is 7.02. The Morgan fingerprint density at radius 3 is 2.67 bits per heavy atom. The number of benzene rings is 1. The van der Waals surface area contributed by atoms with Gasteiger partial charge in [-0.1, -0.05) is 0 Å². The Kier molecular flexibility index (Phi) is 5.48. The van der Waals surface area contributed by atoms with Crippen molar-refractivity contribution in [2.24, 2.45) is 0 Å². The molecule has 1 heterocycles. The van der Waals surface area contributed by atoms with Crippen LogP contribution in [0.25, 0.3) is 0 Å². The highest BCUT2D eigenvalue weighted by atomic mass is 19.1. The number of ether oxygens (including phenoxy) is 1. The Labute approximate surface area is 123 Å². The highest BCUT2D eigenvalue weighted by molar-refractivity contribution is 5.52. The predicted molar refractivity (Wildman–Crippen MR) is 76.2 cm³/mol. The maximum atomic E-state index is 14.2. The molecule has 1 N–H and O–H groups in total. The first-order chi connectivity index (χ1) is 10.2. The standard InChI is InChI=1S/C15H19F2N3O/c1-21-6-5-20(10-12-3-2-4-19-12)15-13(16)7-11(9-18)8-14(15)17/h7-8,12,19H,2-6,10H2,1H3. The molecule has 6 heteroatoms. The van der Waals surface area contributed by atoms with Crippen molar-refractivity contribution in [3.8, 4) is 6.07 Å². The van der Waals surface area contributed by atoms with Crippen molar-refractivity contribution < 1.29 is 13.5 Å². The summed E-state index contributed by atoms with van der Waals surface area (Å²) in [5.74, 6) is -1.42. The van der Waals surface area contributed by atoms with Gasteiger partial charge in [0.25, 0.3) is 0 Å². The third kappa shape index (κ3) is 3.90. The summed E-state index contributed by atoms with van der Waals surface area (Å²) < 4.78 is 33.3. The molecule has 1 unspecified atom stereocenters. The molecule has 1 aliphatic rings. The fourth-order valence-corrected chi connectivity index (χ4v) is 2.61. The molecule has 0 aromatic heterocycles. The van der Waals surface area contributed by atoms with Crippen LogP contribution in [0.2, 0.25) is 0 Å². The zero-order chi connectivity index (χ0) is 15.2. The molecule has 1 saturated heterocycles. The second kappa shape index (κ2) is 7.34. The Balaban J connectivity index is 2.24. The maximum Gasteiger partial charge on any atom is 0.150 e. The van der Waals surface area contributed by atoms with E-state index in [1.54, 1.807) is 18.1 Å². The van der Waals surface area contributed by atoms with Crippen LogP contribution < -0.4 is 10.2 Å². The summed E-state index contributed by atoms with van der Waals surface area (Å²) in [6, 6.07) is 4.11. The van der Waals surface area contributed by atoms with Crippen molar-refractivity contribution in [1.29, 1.82) is 5.26 Å². The Morgan fingerprint density at radius 2 is 2.14 bits per heavy atom. The van der Waals surface area contributed by atoms with Gasteiger partial charge in [0, 0.05) is 26.2 Å². The van der Waals surface area contributed by atoms with Crippen LogP contribution in [-0.2, 0) is 4.74 Å². The van der Waals surface area contributed by atoms with Crippen molar-refractivity contribution in [3.05, 3.63) is 29.3 Å². The third-order valence-electron chi connectivity index (χ3n) is 3.63. The first-order valence-corrected chi connectivity index (χ1v) is 7.02. The lowest BCUT2D eigenvalue weighted by Gasteiger charge is -2.28. The molecule has 0 radical (unpaired) electrons. The molecule has 0 aliphatic carbocycles. The minimum absolute atomic E-state index is 0.0144. The molecule has 4 nitrogen and oxygen atoms in total. The Morgan fingerprint density at radius 1 is 1.43 bits per heavy atom. The van der Waals surface area contributed by atoms with Gasteiger partial charge in [-0.15, -0.1) is 0 Å². The molecule has 2 rings (SSSR count). The van der Waals surface area contributed by atoms with E-state index in [4.69, 9.17) is 10.00 Å². The van der Waals surface area contributed by atoms with Gasteiger partial charge in [-0.3, -0.25) is 0 Å². The molecule has 1 aliphatic heterocycles. The van der Waals surface area contributed by atoms with Gasteiger partial charge in [0.05, 0.1) is 18.2 Å². The number of hydrogen-bond acceptors (Lipinski definition) is 4. The molecule has 0 amide bonds. The van der Waals surface area contributed by atoms with Crippen LogP contribution in [-0.4, -0.2) is 39.4 Å². The number of anilines is 1. The molecule has 1 aromatic rings. The summed E-state index contributed by atoms with van der Waals surface area (Å²) in [6.07, 6.45) is 2.06. The van der Waals surface area contributed by atoms with Gasteiger partial charge in [-0.25, -0.2) is 8.78 Å². The van der Waals surface area contributed by atoms with Crippen LogP contribution >= 0.6 is 0 Å². The van der Waals surface area contributed by atoms with E-state index >= 15 is 0 Å². The fraction of sp³-hybridized carbons (Fsp3) is 0.533. The average molecular weight is 295 g/mol. The van der Waals surface area contributed by atoms with Crippen LogP contribution in [0.15, 0.2) is 12.1 Å². The van der Waals surface area contributed by atoms with Gasteiger partial charge in [-0.05, 0) is 31.5 Å². The van der Waals surface area contributed by atoms with Crippen LogP contribution in [0.1, 0.15) is 18.4 Å². The van der Waals surface area contributed by atoms with Crippen LogP contribution in [0, 0.1) is 23.0 Å². The normalized spacial score (nSPS) is 17.7. The largest absolute Gasteiger partial charge is 0.383 e. The molecule has 114 valence electrons. The molecule has 1 fully saturated rings. The monoisotopic (exact) mass is 295 g/mol. The number of hydrogen-bond donors (Lipinski definition) is 1. The Bertz CT molecular complexity index is 501. The molecule has 0 bridgehead atoms. The van der Waals surface area contributed by atoms with Crippen molar-refractivity contribution >= 4 is 5.69 Å². The molecule has 1 aromatic carbocycles. The minimum Gasteiger partial charge on any atom is -0.383 e. The van der Waals surface area contributed by atoms with E-state index in [9.17, 15) is 8.78 Å². The summed E-state index contributed by atoms with van der Waals surface area (Å²) in [7, 11) is 1.55. The molecule has 1 atom stereocenters. The van der Waals surface area contributed by atoms with Crippen molar-refractivity contribution in [1.82, 2.24) is 5.32 Å². The topological polar surface area (TPSA) is 48.3 Å². The predicted octanol–water partition coefficient (Wildman–Crippen LogP) is 2.04. The van der Waals surface area contributed by atoms with Crippen LogP contribution in [0.5, 0.6) is 0 Å². The highest BCUT2D eigenvalue weighted by Gasteiger charge is 2.23. The molecule has 0 spiro atoms. The zero-order valence-corrected chi connectivity index (χ0v) is 12.0. The van der Waals surface area contributed by atoms with Gasteiger partial charge >= 0.3 is 0 Å². The van der Waals surface area contributed by atoms with E-state index in [1.807, 2.05) is 0 Å². The lowest BCUT2D eigenvalue weighted by Crippen LogP contribution is -2.40. The van der Waals surface area contributed by atoms with Crippen molar-refractivity contribution in [3.63, 3.8) is 0 Å². The quantitative estimate of drug-likeness (QED) is 0.872. The smallest absolute Gasteiger partial charge is 0.150 e. The van der Waals surface area contributed by atoms with Gasteiger partial charge in [0.1, 0.15) is 5.69 Å². The summed E-state index contributed by atoms with van der Waals surface area (Å²) >= 11 is 0. The molecule has 21 heavy (non-hydrogen) atoms. The van der Waals surface area contributed by atoms with E-state index in [0.29, 0.717) is 19.7 Å². The second-order valence-electron chi connectivity index (χ2n) is 5.13. The molecular weight excluding hydrogens is 276 g/mol. The number of nitrogens with zero attached hydrogens (tertiary/aromatic N) is 2. The van der Waals surface area contributed by atoms with E-state index < -0.39 is 11.6 Å². The Hall–Kier alpha value is -1.71. The molecular formula is C15H19F2N3O. The maximum absolute atomic E-state index is 14.2. The number of nitrogens with one attached hydrogen (secondary N) is 1. The number of halogens is 2. The number of rotatable bonds is 6. The summed E-state index contributed by atoms with van der Waals surface area (Å²) in [4.78, 5) is 1.65. The number of methoxy groups -OCH3 is 1. The third-order valence-corrected chi connectivity index (χ3v) is 3.63. The lowest BCUT2D eigenvalue weighted by molar-refractivity contribution is 0.204. The number of nitriles is 1. The van der Waals surface area contributed by atoms with Gasteiger partial charge in [0.15, 0.2) is 11.6 Å². The summed E-state index contributed by atoms with van der Waals surface area (Å²) in [5.41, 5.74) is -0.0980. The van der Waals surface area contributed by atoms with Gasteiger partial charge in [-0.2, -0.15) is 5.26 Å².